The Labute approximate surface area is 129 Å². The number of carboxylic acids is 1. The minimum atomic E-state index is -0.927. The van der Waals surface area contributed by atoms with Crippen LogP contribution in [-0.4, -0.2) is 68.9 Å². The van der Waals surface area contributed by atoms with Gasteiger partial charge in [0.15, 0.2) is 0 Å². The molecule has 7 heteroatoms. The Bertz CT molecular complexity index is 396. The van der Waals surface area contributed by atoms with E-state index in [2.05, 4.69) is 0 Å². The minimum absolute atomic E-state index is 0.0748. The first-order chi connectivity index (χ1) is 9.95. The van der Waals surface area contributed by atoms with Crippen molar-refractivity contribution in [3.8, 4) is 0 Å². The standard InChI is InChI=1S/C14H24N2O4S/c1-9(2)12-16(11(8-21-12)13(18)19)14(20)15-5-3-10(7-17)4-6-15/h9-12,17H,3-8H2,1-2H3,(H,18,19). The van der Waals surface area contributed by atoms with Gasteiger partial charge < -0.3 is 15.1 Å². The molecule has 21 heavy (non-hydrogen) atoms. The third kappa shape index (κ3) is 3.45. The van der Waals surface area contributed by atoms with Gasteiger partial charge in [0.05, 0.1) is 5.37 Å². The Kier molecular flexibility index (Phi) is 5.37. The summed E-state index contributed by atoms with van der Waals surface area (Å²) in [6.07, 6.45) is 1.57. The Hall–Kier alpha value is -0.950. The summed E-state index contributed by atoms with van der Waals surface area (Å²) in [6.45, 7) is 5.39. The lowest BCUT2D eigenvalue weighted by Gasteiger charge is -2.38. The Balaban J connectivity index is 2.08. The fraction of sp³-hybridized carbons (Fsp3) is 0.857. The molecular weight excluding hydrogens is 292 g/mol. The van der Waals surface area contributed by atoms with Gasteiger partial charge in [0.2, 0.25) is 0 Å². The number of nitrogens with zero attached hydrogens (tertiary/aromatic N) is 2. The molecule has 2 atom stereocenters. The zero-order chi connectivity index (χ0) is 15.6. The van der Waals surface area contributed by atoms with Gasteiger partial charge in [-0.3, -0.25) is 4.90 Å². The first-order valence-electron chi connectivity index (χ1n) is 7.48. The van der Waals surface area contributed by atoms with E-state index in [1.54, 1.807) is 21.6 Å². The maximum absolute atomic E-state index is 12.7. The largest absolute Gasteiger partial charge is 0.480 e. The van der Waals surface area contributed by atoms with Gasteiger partial charge in [-0.1, -0.05) is 13.8 Å². The van der Waals surface area contributed by atoms with E-state index >= 15 is 0 Å². The molecule has 2 fully saturated rings. The molecule has 0 aromatic carbocycles. The number of likely N-dealkylation sites (tertiary alicyclic amines) is 1. The molecule has 0 saturated carbocycles. The van der Waals surface area contributed by atoms with Crippen LogP contribution < -0.4 is 0 Å². The first kappa shape index (κ1) is 16.4. The van der Waals surface area contributed by atoms with Crippen molar-refractivity contribution in [2.75, 3.05) is 25.4 Å². The molecule has 120 valence electrons. The van der Waals surface area contributed by atoms with Gasteiger partial charge in [-0.25, -0.2) is 9.59 Å². The number of carbonyl (C=O) groups excluding carboxylic acids is 1. The summed E-state index contributed by atoms with van der Waals surface area (Å²) in [4.78, 5) is 27.4. The second-order valence-electron chi connectivity index (χ2n) is 6.12. The topological polar surface area (TPSA) is 81.1 Å². The highest BCUT2D eigenvalue weighted by Crippen LogP contribution is 2.35. The predicted molar refractivity (Wildman–Crippen MR) is 81.1 cm³/mol. The van der Waals surface area contributed by atoms with Crippen molar-refractivity contribution in [3.63, 3.8) is 0 Å². The van der Waals surface area contributed by atoms with Crippen LogP contribution in [0.4, 0.5) is 4.79 Å². The Morgan fingerprint density at radius 1 is 1.29 bits per heavy atom. The second-order valence-corrected chi connectivity index (χ2v) is 7.27. The third-order valence-electron chi connectivity index (χ3n) is 4.25. The molecule has 2 aliphatic heterocycles. The fourth-order valence-electron chi connectivity index (χ4n) is 2.94. The number of amides is 2. The number of aliphatic hydroxyl groups excluding tert-OH is 1. The van der Waals surface area contributed by atoms with Gasteiger partial charge in [0, 0.05) is 25.4 Å². The van der Waals surface area contributed by atoms with Gasteiger partial charge in [-0.05, 0) is 24.7 Å². The molecule has 6 nitrogen and oxygen atoms in total. The van der Waals surface area contributed by atoms with Crippen molar-refractivity contribution in [2.24, 2.45) is 11.8 Å². The van der Waals surface area contributed by atoms with Crippen LogP contribution in [0.25, 0.3) is 0 Å². The van der Waals surface area contributed by atoms with Gasteiger partial charge in [0.1, 0.15) is 6.04 Å². The molecule has 2 N–H and O–H groups in total. The summed E-state index contributed by atoms with van der Waals surface area (Å²) in [6, 6.07) is -0.895. The highest BCUT2D eigenvalue weighted by atomic mass is 32.2. The number of thioether (sulfide) groups is 1. The molecule has 0 spiro atoms. The van der Waals surface area contributed by atoms with E-state index in [4.69, 9.17) is 5.11 Å². The average Bonchev–Trinajstić information content (AvgIpc) is 2.91. The van der Waals surface area contributed by atoms with Gasteiger partial charge in [-0.15, -0.1) is 11.8 Å². The second kappa shape index (κ2) is 6.87. The van der Waals surface area contributed by atoms with Crippen LogP contribution in [0.15, 0.2) is 0 Å². The number of piperidine rings is 1. The molecule has 2 heterocycles. The molecule has 2 unspecified atom stereocenters. The zero-order valence-electron chi connectivity index (χ0n) is 12.6. The van der Waals surface area contributed by atoms with Crippen molar-refractivity contribution in [1.82, 2.24) is 9.80 Å². The van der Waals surface area contributed by atoms with E-state index in [0.717, 1.165) is 12.8 Å². The van der Waals surface area contributed by atoms with E-state index in [1.165, 1.54) is 0 Å². The molecule has 0 aliphatic carbocycles. The summed E-state index contributed by atoms with van der Waals surface area (Å²) in [5.74, 6) is 0.0116. The minimum Gasteiger partial charge on any atom is -0.480 e. The third-order valence-corrected chi connectivity index (χ3v) is 5.88. The summed E-state index contributed by atoms with van der Waals surface area (Å²) in [5.41, 5.74) is 0. The number of carboxylic acid groups (broad SMARTS) is 1. The highest BCUT2D eigenvalue weighted by molar-refractivity contribution is 8.00. The smallest absolute Gasteiger partial charge is 0.327 e. The maximum atomic E-state index is 12.7. The molecular formula is C14H24N2O4S. The number of rotatable bonds is 3. The highest BCUT2D eigenvalue weighted by Gasteiger charge is 2.44. The van der Waals surface area contributed by atoms with Crippen LogP contribution in [0.2, 0.25) is 0 Å². The first-order valence-corrected chi connectivity index (χ1v) is 8.53. The van der Waals surface area contributed by atoms with E-state index in [0.29, 0.717) is 18.8 Å². The van der Waals surface area contributed by atoms with Crippen LogP contribution in [0.1, 0.15) is 26.7 Å². The van der Waals surface area contributed by atoms with Gasteiger partial charge in [0.25, 0.3) is 0 Å². The van der Waals surface area contributed by atoms with Gasteiger partial charge in [-0.2, -0.15) is 0 Å². The number of hydrogen-bond acceptors (Lipinski definition) is 4. The van der Waals surface area contributed by atoms with Crippen molar-refractivity contribution in [1.29, 1.82) is 0 Å². The predicted octanol–water partition coefficient (Wildman–Crippen LogP) is 1.29. The summed E-state index contributed by atoms with van der Waals surface area (Å²) >= 11 is 1.55. The van der Waals surface area contributed by atoms with E-state index in [-0.39, 0.29) is 29.8 Å². The molecule has 0 aromatic rings. The fourth-order valence-corrected chi connectivity index (χ4v) is 4.41. The van der Waals surface area contributed by atoms with Crippen LogP contribution in [0.5, 0.6) is 0 Å². The van der Waals surface area contributed by atoms with Crippen LogP contribution >= 0.6 is 11.8 Å². The number of aliphatic hydroxyl groups is 1. The Morgan fingerprint density at radius 3 is 2.38 bits per heavy atom. The average molecular weight is 316 g/mol. The number of urea groups is 1. The molecule has 2 saturated heterocycles. The lowest BCUT2D eigenvalue weighted by molar-refractivity contribution is -0.141. The van der Waals surface area contributed by atoms with Crippen molar-refractivity contribution >= 4 is 23.8 Å². The lowest BCUT2D eigenvalue weighted by atomic mass is 9.98. The van der Waals surface area contributed by atoms with Gasteiger partial charge >= 0.3 is 12.0 Å². The van der Waals surface area contributed by atoms with E-state index in [1.807, 2.05) is 13.8 Å². The van der Waals surface area contributed by atoms with Crippen LogP contribution in [-0.2, 0) is 4.79 Å². The van der Waals surface area contributed by atoms with Crippen LogP contribution in [0, 0.1) is 11.8 Å². The molecule has 2 aliphatic rings. The van der Waals surface area contributed by atoms with Crippen LogP contribution in [0.3, 0.4) is 0 Å². The molecule has 0 aromatic heterocycles. The summed E-state index contributed by atoms with van der Waals surface area (Å²) < 4.78 is 0. The monoisotopic (exact) mass is 316 g/mol. The number of carbonyl (C=O) groups is 2. The SMILES string of the molecule is CC(C)C1SCC(C(=O)O)N1C(=O)N1CCC(CO)CC1. The molecule has 0 bridgehead atoms. The van der Waals surface area contributed by atoms with E-state index in [9.17, 15) is 14.7 Å². The quantitative estimate of drug-likeness (QED) is 0.820. The summed E-state index contributed by atoms with van der Waals surface area (Å²) in [5, 5.41) is 18.4. The van der Waals surface area contributed by atoms with Crippen molar-refractivity contribution in [2.45, 2.75) is 38.1 Å². The number of aliphatic carboxylic acids is 1. The summed E-state index contributed by atoms with van der Waals surface area (Å²) in [7, 11) is 0. The Morgan fingerprint density at radius 2 is 1.90 bits per heavy atom. The molecule has 2 rings (SSSR count). The molecule has 0 radical (unpaired) electrons. The zero-order valence-corrected chi connectivity index (χ0v) is 13.4. The van der Waals surface area contributed by atoms with Crippen molar-refractivity contribution < 1.29 is 19.8 Å². The maximum Gasteiger partial charge on any atom is 0.327 e. The normalized spacial score (nSPS) is 27.4. The van der Waals surface area contributed by atoms with E-state index < -0.39 is 12.0 Å². The molecule has 2 amide bonds. The van der Waals surface area contributed by atoms with Crippen molar-refractivity contribution in [3.05, 3.63) is 0 Å². The number of hydrogen-bond donors (Lipinski definition) is 2. The lowest BCUT2D eigenvalue weighted by Crippen LogP contribution is -2.54.